The molecule has 7 heteroatoms. The lowest BCUT2D eigenvalue weighted by Crippen LogP contribution is -2.63. The normalized spacial score (nSPS) is 53.0. The molecule has 0 spiro atoms. The summed E-state index contributed by atoms with van der Waals surface area (Å²) in [6, 6.07) is 0. The molecule has 0 aromatic heterocycles. The van der Waals surface area contributed by atoms with E-state index >= 15 is 0 Å². The van der Waals surface area contributed by atoms with Crippen LogP contribution in [0.5, 0.6) is 0 Å². The molecule has 11 atom stereocenters. The average molecular weight is 475 g/mol. The van der Waals surface area contributed by atoms with Gasteiger partial charge in [0.2, 0.25) is 0 Å². The second-order valence-electron chi connectivity index (χ2n) is 12.3. The van der Waals surface area contributed by atoms with Crippen LogP contribution in [-0.4, -0.2) is 55.4 Å². The number of allylic oxidation sites excluding steroid dienone is 1. The molecule has 2 heterocycles. The number of aliphatic carboxylic acids is 1. The zero-order valence-electron chi connectivity index (χ0n) is 20.7. The van der Waals surface area contributed by atoms with Gasteiger partial charge in [0.25, 0.3) is 0 Å². The standard InChI is InChI=1S/C27H38O7/c1-14(2)20-7-17-9-25(11-28)19-6-5-15(3)18(19)10-26(17,27(20,25)24(29)30)12-31-22-8-21-23(16(4)34-22)33-13-32-21/h7,11,14-19,21-23H,5-6,8-10,12-13H2,1-4H3,(H,29,30)/t15-,16-,17?,18-,19-,21+,22-,23-,25?,26?,27?/m1/s1. The first-order chi connectivity index (χ1) is 16.2. The number of fused-ring (bicyclic) bond motifs is 3. The Balaban J connectivity index is 1.40. The van der Waals surface area contributed by atoms with Crippen LogP contribution >= 0.6 is 0 Å². The van der Waals surface area contributed by atoms with Crippen molar-refractivity contribution < 1.29 is 33.6 Å². The Bertz CT molecular complexity index is 915. The number of hydrogen-bond acceptors (Lipinski definition) is 6. The quantitative estimate of drug-likeness (QED) is 0.462. The molecule has 188 valence electrons. The van der Waals surface area contributed by atoms with Crippen molar-refractivity contribution in [2.75, 3.05) is 13.4 Å². The number of ether oxygens (including phenoxy) is 4. The van der Waals surface area contributed by atoms with Crippen LogP contribution in [0.1, 0.15) is 59.8 Å². The molecule has 6 aliphatic rings. The van der Waals surface area contributed by atoms with E-state index in [0.717, 1.165) is 31.1 Å². The molecule has 34 heavy (non-hydrogen) atoms. The summed E-state index contributed by atoms with van der Waals surface area (Å²) in [5.41, 5.74) is -1.75. The fourth-order valence-corrected chi connectivity index (χ4v) is 9.59. The van der Waals surface area contributed by atoms with Crippen molar-refractivity contribution in [3.8, 4) is 0 Å². The molecular weight excluding hydrogens is 436 g/mol. The smallest absolute Gasteiger partial charge is 0.315 e. The molecule has 5 fully saturated rings. The van der Waals surface area contributed by atoms with E-state index in [1.807, 2.05) is 6.92 Å². The van der Waals surface area contributed by atoms with Gasteiger partial charge in [-0.1, -0.05) is 38.8 Å². The predicted octanol–water partition coefficient (Wildman–Crippen LogP) is 3.80. The van der Waals surface area contributed by atoms with Gasteiger partial charge in [-0.05, 0) is 55.8 Å². The van der Waals surface area contributed by atoms with E-state index in [9.17, 15) is 14.7 Å². The summed E-state index contributed by atoms with van der Waals surface area (Å²) in [5.74, 6) is 0.230. The van der Waals surface area contributed by atoms with Gasteiger partial charge in [-0.3, -0.25) is 4.79 Å². The summed E-state index contributed by atoms with van der Waals surface area (Å²) in [4.78, 5) is 26.6. The van der Waals surface area contributed by atoms with Crippen LogP contribution in [-0.2, 0) is 28.5 Å². The molecule has 0 amide bonds. The third-order valence-corrected chi connectivity index (χ3v) is 10.8. The Morgan fingerprint density at radius 1 is 1.26 bits per heavy atom. The Hall–Kier alpha value is -1.28. The van der Waals surface area contributed by atoms with E-state index in [0.29, 0.717) is 24.7 Å². The third-order valence-electron chi connectivity index (χ3n) is 10.8. The Labute approximate surface area is 201 Å². The molecule has 6 rings (SSSR count). The molecule has 4 unspecified atom stereocenters. The lowest BCUT2D eigenvalue weighted by Gasteiger charge is -2.58. The molecule has 4 aliphatic carbocycles. The van der Waals surface area contributed by atoms with E-state index in [2.05, 4.69) is 26.8 Å². The second kappa shape index (κ2) is 7.61. The molecule has 0 aromatic rings. The van der Waals surface area contributed by atoms with Gasteiger partial charge >= 0.3 is 5.97 Å². The lowest BCUT2D eigenvalue weighted by atomic mass is 9.43. The van der Waals surface area contributed by atoms with E-state index < -0.39 is 28.5 Å². The minimum Gasteiger partial charge on any atom is -0.481 e. The fourth-order valence-electron chi connectivity index (χ4n) is 9.59. The summed E-state index contributed by atoms with van der Waals surface area (Å²) in [6.45, 7) is 8.94. The van der Waals surface area contributed by atoms with Crippen molar-refractivity contribution in [2.45, 2.75) is 84.4 Å². The van der Waals surface area contributed by atoms with E-state index in [1.54, 1.807) is 0 Å². The predicted molar refractivity (Wildman–Crippen MR) is 122 cm³/mol. The monoisotopic (exact) mass is 474 g/mol. The minimum atomic E-state index is -1.21. The van der Waals surface area contributed by atoms with Gasteiger partial charge in [-0.15, -0.1) is 0 Å². The number of hydrogen-bond donors (Lipinski definition) is 1. The second-order valence-corrected chi connectivity index (χ2v) is 12.3. The zero-order chi connectivity index (χ0) is 24.0. The van der Waals surface area contributed by atoms with Gasteiger partial charge in [-0.25, -0.2) is 0 Å². The van der Waals surface area contributed by atoms with Crippen LogP contribution in [0.15, 0.2) is 11.6 Å². The topological polar surface area (TPSA) is 91.3 Å². The third kappa shape index (κ3) is 2.57. The van der Waals surface area contributed by atoms with E-state index in [4.69, 9.17) is 18.9 Å². The summed E-state index contributed by atoms with van der Waals surface area (Å²) in [6.07, 6.45) is 6.50. The number of rotatable bonds is 6. The highest BCUT2D eigenvalue weighted by atomic mass is 16.7. The molecule has 4 bridgehead atoms. The number of aldehydes is 1. The SMILES string of the molecule is CC(C)C1=CC2CC3(C=O)[C@@H]4CC[C@@H](C)[C@H]4CC2(CO[C@H]2C[C@@H]4OCO[C@@H]4[C@@H](C)O2)C13C(=O)O. The van der Waals surface area contributed by atoms with Gasteiger partial charge in [0.05, 0.1) is 24.2 Å². The highest BCUT2D eigenvalue weighted by Gasteiger charge is 2.84. The van der Waals surface area contributed by atoms with Crippen molar-refractivity contribution >= 4 is 12.3 Å². The number of carboxylic acids is 1. The molecule has 0 aromatic carbocycles. The lowest BCUT2D eigenvalue weighted by molar-refractivity contribution is -0.248. The van der Waals surface area contributed by atoms with E-state index in [1.165, 1.54) is 0 Å². The Kier molecular flexibility index (Phi) is 5.18. The first-order valence-corrected chi connectivity index (χ1v) is 13.1. The maximum atomic E-state index is 13.5. The zero-order valence-corrected chi connectivity index (χ0v) is 20.7. The van der Waals surface area contributed by atoms with Crippen molar-refractivity contribution in [2.24, 2.45) is 45.8 Å². The Morgan fingerprint density at radius 3 is 2.76 bits per heavy atom. The van der Waals surface area contributed by atoms with Gasteiger partial charge in [0.1, 0.15) is 24.6 Å². The molecule has 7 nitrogen and oxygen atoms in total. The average Bonchev–Trinajstić information content (AvgIpc) is 3.52. The highest BCUT2D eigenvalue weighted by molar-refractivity contribution is 5.90. The fraction of sp³-hybridized carbons (Fsp3) is 0.852. The van der Waals surface area contributed by atoms with Gasteiger partial charge in [-0.2, -0.15) is 0 Å². The molecule has 2 saturated heterocycles. The maximum Gasteiger partial charge on any atom is 0.315 e. The molecule has 2 aliphatic heterocycles. The molecule has 3 saturated carbocycles. The number of carboxylic acid groups (broad SMARTS) is 1. The largest absolute Gasteiger partial charge is 0.481 e. The minimum absolute atomic E-state index is 0.0313. The first-order valence-electron chi connectivity index (χ1n) is 13.1. The number of carbonyl (C=O) groups is 2. The van der Waals surface area contributed by atoms with Crippen molar-refractivity contribution in [1.29, 1.82) is 0 Å². The van der Waals surface area contributed by atoms with Crippen molar-refractivity contribution in [1.82, 2.24) is 0 Å². The van der Waals surface area contributed by atoms with Crippen LogP contribution in [0.2, 0.25) is 0 Å². The molecular formula is C27H38O7. The number of carbonyl (C=O) groups excluding carboxylic acids is 1. The van der Waals surface area contributed by atoms with Crippen LogP contribution in [0, 0.1) is 45.8 Å². The summed E-state index contributed by atoms with van der Waals surface area (Å²) >= 11 is 0. The maximum absolute atomic E-state index is 13.5. The van der Waals surface area contributed by atoms with E-state index in [-0.39, 0.29) is 49.5 Å². The summed E-state index contributed by atoms with van der Waals surface area (Å²) in [5, 5.41) is 11.0. The van der Waals surface area contributed by atoms with Crippen LogP contribution in [0.25, 0.3) is 0 Å². The van der Waals surface area contributed by atoms with Crippen molar-refractivity contribution in [3.63, 3.8) is 0 Å². The first kappa shape index (κ1) is 23.1. The summed E-state index contributed by atoms with van der Waals surface area (Å²) < 4.78 is 24.1. The van der Waals surface area contributed by atoms with Gasteiger partial charge in [0.15, 0.2) is 6.29 Å². The highest BCUT2D eigenvalue weighted by Crippen LogP contribution is 2.82. The molecule has 1 N–H and O–H groups in total. The molecule has 0 radical (unpaired) electrons. The summed E-state index contributed by atoms with van der Waals surface area (Å²) in [7, 11) is 0. The van der Waals surface area contributed by atoms with Crippen LogP contribution < -0.4 is 0 Å². The Morgan fingerprint density at radius 2 is 2.06 bits per heavy atom. The van der Waals surface area contributed by atoms with Gasteiger partial charge in [0, 0.05) is 11.8 Å². The van der Waals surface area contributed by atoms with Crippen LogP contribution in [0.3, 0.4) is 0 Å². The van der Waals surface area contributed by atoms with Gasteiger partial charge < -0.3 is 28.8 Å². The van der Waals surface area contributed by atoms with Crippen LogP contribution in [0.4, 0.5) is 0 Å². The van der Waals surface area contributed by atoms with Crippen molar-refractivity contribution in [3.05, 3.63) is 11.6 Å².